The average molecular weight is 389 g/mol. The van der Waals surface area contributed by atoms with Crippen LogP contribution >= 0.6 is 0 Å². The molecular weight excluding hydrogens is 369 g/mol. The van der Waals surface area contributed by atoms with Crippen molar-refractivity contribution in [3.8, 4) is 5.69 Å². The van der Waals surface area contributed by atoms with Crippen LogP contribution in [0.3, 0.4) is 0 Å². The third-order valence-corrected chi connectivity index (χ3v) is 4.37. The zero-order valence-electron chi connectivity index (χ0n) is 16.0. The highest BCUT2D eigenvalue weighted by Crippen LogP contribution is 2.24. The van der Waals surface area contributed by atoms with Gasteiger partial charge in [-0.2, -0.15) is 0 Å². The van der Waals surface area contributed by atoms with Crippen molar-refractivity contribution in [3.63, 3.8) is 0 Å². The van der Waals surface area contributed by atoms with E-state index < -0.39 is 0 Å². The number of anilines is 3. The third-order valence-electron chi connectivity index (χ3n) is 4.37. The summed E-state index contributed by atoms with van der Waals surface area (Å²) in [5.74, 6) is 1.61. The Morgan fingerprint density at radius 1 is 1.00 bits per heavy atom. The van der Waals surface area contributed by atoms with Crippen molar-refractivity contribution in [2.45, 2.75) is 19.9 Å². The summed E-state index contributed by atoms with van der Waals surface area (Å²) in [6, 6.07) is 10.2. The molecule has 3 heterocycles. The van der Waals surface area contributed by atoms with Crippen LogP contribution in [0.2, 0.25) is 0 Å². The van der Waals surface area contributed by atoms with Gasteiger partial charge in [0.15, 0.2) is 0 Å². The lowest BCUT2D eigenvalue weighted by Gasteiger charge is -2.17. The van der Waals surface area contributed by atoms with Crippen LogP contribution in [0.25, 0.3) is 5.69 Å². The number of hydrogen-bond acceptors (Lipinski definition) is 6. The average Bonchev–Trinajstić information content (AvgIpc) is 3.15. The summed E-state index contributed by atoms with van der Waals surface area (Å²) in [4.78, 5) is 17.2. The first kappa shape index (κ1) is 18.5. The number of nitrogens with one attached hydrogen (secondary N) is 2. The maximum atomic E-state index is 13.2. The van der Waals surface area contributed by atoms with Crippen molar-refractivity contribution in [2.24, 2.45) is 0 Å². The Kier molecular flexibility index (Phi) is 5.15. The van der Waals surface area contributed by atoms with Gasteiger partial charge in [0.1, 0.15) is 23.3 Å². The molecule has 2 N–H and O–H groups in total. The number of nitrogens with zero attached hydrogens (tertiary/aromatic N) is 5. The second-order valence-electron chi connectivity index (χ2n) is 6.65. The summed E-state index contributed by atoms with van der Waals surface area (Å²) in [6.07, 6.45) is 8.55. The van der Waals surface area contributed by atoms with Gasteiger partial charge in [0, 0.05) is 36.8 Å². The van der Waals surface area contributed by atoms with Gasteiger partial charge in [-0.25, -0.2) is 19.3 Å². The maximum Gasteiger partial charge on any atom is 0.150 e. The van der Waals surface area contributed by atoms with E-state index in [9.17, 15) is 4.39 Å². The van der Waals surface area contributed by atoms with E-state index in [-0.39, 0.29) is 11.9 Å². The van der Waals surface area contributed by atoms with Crippen molar-refractivity contribution in [1.29, 1.82) is 0 Å². The molecule has 0 aliphatic heterocycles. The van der Waals surface area contributed by atoms with Crippen molar-refractivity contribution in [1.82, 2.24) is 24.5 Å². The Morgan fingerprint density at radius 3 is 2.48 bits per heavy atom. The van der Waals surface area contributed by atoms with Gasteiger partial charge in [-0.3, -0.25) is 4.98 Å². The summed E-state index contributed by atoms with van der Waals surface area (Å²) in [5.41, 5.74) is 2.76. The highest BCUT2D eigenvalue weighted by atomic mass is 19.1. The van der Waals surface area contributed by atoms with Gasteiger partial charge in [-0.15, -0.1) is 0 Å². The second kappa shape index (κ2) is 8.05. The quantitative estimate of drug-likeness (QED) is 0.508. The fourth-order valence-electron chi connectivity index (χ4n) is 2.92. The molecule has 29 heavy (non-hydrogen) atoms. The number of pyridine rings is 1. The maximum absolute atomic E-state index is 13.2. The molecular formula is C21H20FN7. The Balaban J connectivity index is 1.66. The zero-order valence-corrected chi connectivity index (χ0v) is 16.0. The van der Waals surface area contributed by atoms with Crippen molar-refractivity contribution >= 4 is 17.5 Å². The molecule has 8 heteroatoms. The van der Waals surface area contributed by atoms with Crippen LogP contribution < -0.4 is 10.6 Å². The first-order chi connectivity index (χ1) is 14.1. The van der Waals surface area contributed by atoms with E-state index in [0.29, 0.717) is 17.5 Å². The Labute approximate surface area is 167 Å². The largest absolute Gasteiger partial charge is 0.363 e. The predicted octanol–water partition coefficient (Wildman–Crippen LogP) is 4.42. The standard InChI is InChI=1S/C21H20FN7/c1-14-12-29(13-25-14)18-9-19(26-15(2)16-3-5-17(22)6-4-16)27-20(10-18)28-21-11-23-7-8-24-21/h3-13,15H,1-2H3,(H2,24,26,27,28). The van der Waals surface area contributed by atoms with Gasteiger partial charge in [-0.1, -0.05) is 12.1 Å². The monoisotopic (exact) mass is 389 g/mol. The summed E-state index contributed by atoms with van der Waals surface area (Å²) in [7, 11) is 0. The van der Waals surface area contributed by atoms with Crippen molar-refractivity contribution < 1.29 is 4.39 Å². The molecule has 1 unspecified atom stereocenters. The topological polar surface area (TPSA) is 80.5 Å². The van der Waals surface area contributed by atoms with Crippen LogP contribution in [0.15, 0.2) is 67.5 Å². The first-order valence-corrected chi connectivity index (χ1v) is 9.15. The number of aromatic nitrogens is 5. The minimum atomic E-state index is -0.257. The van der Waals surface area contributed by atoms with Gasteiger partial charge in [-0.05, 0) is 31.5 Å². The smallest absolute Gasteiger partial charge is 0.150 e. The number of rotatable bonds is 6. The van der Waals surface area contributed by atoms with Gasteiger partial charge in [0.25, 0.3) is 0 Å². The van der Waals surface area contributed by atoms with Gasteiger partial charge in [0.2, 0.25) is 0 Å². The van der Waals surface area contributed by atoms with E-state index in [4.69, 9.17) is 0 Å². The molecule has 4 aromatic rings. The summed E-state index contributed by atoms with van der Waals surface area (Å²) in [5, 5.41) is 6.55. The molecule has 0 aliphatic rings. The highest BCUT2D eigenvalue weighted by Gasteiger charge is 2.10. The Hall–Kier alpha value is -3.81. The van der Waals surface area contributed by atoms with Crippen LogP contribution in [0.5, 0.6) is 0 Å². The summed E-state index contributed by atoms with van der Waals surface area (Å²) < 4.78 is 15.1. The van der Waals surface area contributed by atoms with Crippen LogP contribution in [0.4, 0.5) is 21.8 Å². The van der Waals surface area contributed by atoms with Gasteiger partial charge < -0.3 is 15.2 Å². The SMILES string of the molecule is Cc1cn(-c2cc(Nc3cnccn3)nc(NC(C)c3ccc(F)cc3)c2)cn1. The van der Waals surface area contributed by atoms with Gasteiger partial charge in [0.05, 0.1) is 23.9 Å². The second-order valence-corrected chi connectivity index (χ2v) is 6.65. The molecule has 1 aromatic carbocycles. The molecule has 1 atom stereocenters. The highest BCUT2D eigenvalue weighted by molar-refractivity contribution is 5.60. The summed E-state index contributed by atoms with van der Waals surface area (Å²) >= 11 is 0. The molecule has 0 fully saturated rings. The predicted molar refractivity (Wildman–Crippen MR) is 110 cm³/mol. The van der Waals surface area contributed by atoms with Gasteiger partial charge >= 0.3 is 0 Å². The molecule has 0 amide bonds. The molecule has 146 valence electrons. The molecule has 0 radical (unpaired) electrons. The number of imidazole rings is 1. The van der Waals surface area contributed by atoms with E-state index in [1.807, 2.05) is 36.7 Å². The fraction of sp³-hybridized carbons (Fsp3) is 0.143. The molecule has 0 bridgehead atoms. The Morgan fingerprint density at radius 2 is 1.79 bits per heavy atom. The number of benzene rings is 1. The molecule has 4 rings (SSSR count). The van der Waals surface area contributed by atoms with E-state index in [1.54, 1.807) is 37.1 Å². The zero-order chi connectivity index (χ0) is 20.2. The molecule has 3 aromatic heterocycles. The summed E-state index contributed by atoms with van der Waals surface area (Å²) in [6.45, 7) is 3.94. The minimum absolute atomic E-state index is 0.0627. The lowest BCUT2D eigenvalue weighted by Crippen LogP contribution is -2.10. The van der Waals surface area contributed by atoms with Crippen LogP contribution in [-0.4, -0.2) is 24.5 Å². The van der Waals surface area contributed by atoms with Crippen molar-refractivity contribution in [3.05, 3.63) is 84.6 Å². The minimum Gasteiger partial charge on any atom is -0.363 e. The van der Waals surface area contributed by atoms with Crippen LogP contribution in [0, 0.1) is 12.7 Å². The number of hydrogen-bond donors (Lipinski definition) is 2. The van der Waals surface area contributed by atoms with Crippen molar-refractivity contribution in [2.75, 3.05) is 10.6 Å². The van der Waals surface area contributed by atoms with E-state index in [2.05, 4.69) is 30.6 Å². The molecule has 0 saturated carbocycles. The molecule has 0 saturated heterocycles. The van der Waals surface area contributed by atoms with E-state index in [0.717, 1.165) is 16.9 Å². The molecule has 0 spiro atoms. The lowest BCUT2D eigenvalue weighted by molar-refractivity contribution is 0.626. The van der Waals surface area contributed by atoms with Crippen LogP contribution in [0.1, 0.15) is 24.2 Å². The lowest BCUT2D eigenvalue weighted by atomic mass is 10.1. The third kappa shape index (κ3) is 4.55. The Bertz CT molecular complexity index is 1090. The first-order valence-electron chi connectivity index (χ1n) is 9.15. The van der Waals surface area contributed by atoms with E-state index in [1.165, 1.54) is 12.1 Å². The molecule has 7 nitrogen and oxygen atoms in total. The number of aryl methyl sites for hydroxylation is 1. The molecule has 0 aliphatic carbocycles. The number of halogens is 1. The normalized spacial score (nSPS) is 11.8. The van der Waals surface area contributed by atoms with Crippen LogP contribution in [-0.2, 0) is 0 Å². The van der Waals surface area contributed by atoms with E-state index >= 15 is 0 Å². The fourth-order valence-corrected chi connectivity index (χ4v) is 2.92.